The molecule has 0 amide bonds. The fourth-order valence-electron chi connectivity index (χ4n) is 2.63. The number of aromatic nitrogens is 2. The molecule has 5 nitrogen and oxygen atoms in total. The van der Waals surface area contributed by atoms with Crippen molar-refractivity contribution >= 4 is 5.82 Å². The highest BCUT2D eigenvalue weighted by molar-refractivity contribution is 5.37. The molecule has 1 aromatic rings. The molecule has 0 saturated carbocycles. The zero-order chi connectivity index (χ0) is 13.8. The number of aliphatic hydroxyl groups excluding tert-OH is 1. The average Bonchev–Trinajstić information content (AvgIpc) is 2.80. The molecule has 1 unspecified atom stereocenters. The van der Waals surface area contributed by atoms with Gasteiger partial charge in [0.15, 0.2) is 5.82 Å². The molecule has 19 heavy (non-hydrogen) atoms. The number of hydrogen-bond donors (Lipinski definition) is 1. The van der Waals surface area contributed by atoms with E-state index >= 15 is 0 Å². The maximum absolute atomic E-state index is 12.4. The highest BCUT2D eigenvalue weighted by Gasteiger charge is 2.25. The molecule has 1 aliphatic heterocycles. The molecule has 1 N–H and O–H groups in total. The smallest absolute Gasteiger partial charge is 0.293 e. The van der Waals surface area contributed by atoms with Gasteiger partial charge in [-0.1, -0.05) is 13.8 Å². The Morgan fingerprint density at radius 1 is 1.53 bits per heavy atom. The van der Waals surface area contributed by atoms with Gasteiger partial charge in [0, 0.05) is 38.6 Å². The molecule has 0 bridgehead atoms. The van der Waals surface area contributed by atoms with Gasteiger partial charge in [-0.2, -0.15) is 0 Å². The van der Waals surface area contributed by atoms with E-state index in [1.54, 1.807) is 17.0 Å². The second kappa shape index (κ2) is 6.19. The average molecular weight is 265 g/mol. The van der Waals surface area contributed by atoms with Crippen molar-refractivity contribution < 1.29 is 5.11 Å². The van der Waals surface area contributed by atoms with Gasteiger partial charge in [-0.25, -0.2) is 4.98 Å². The Morgan fingerprint density at radius 2 is 2.32 bits per heavy atom. The van der Waals surface area contributed by atoms with Crippen molar-refractivity contribution in [1.82, 2.24) is 9.55 Å². The van der Waals surface area contributed by atoms with E-state index in [1.165, 1.54) is 0 Å². The van der Waals surface area contributed by atoms with E-state index in [-0.39, 0.29) is 12.2 Å². The summed E-state index contributed by atoms with van der Waals surface area (Å²) in [5.41, 5.74) is 0.000786. The predicted molar refractivity (Wildman–Crippen MR) is 75.4 cm³/mol. The Bertz CT molecular complexity index is 470. The van der Waals surface area contributed by atoms with Gasteiger partial charge in [-0.3, -0.25) is 4.79 Å². The van der Waals surface area contributed by atoms with Gasteiger partial charge in [0.25, 0.3) is 5.56 Å². The molecule has 1 atom stereocenters. The van der Waals surface area contributed by atoms with Crippen LogP contribution >= 0.6 is 0 Å². The minimum atomic E-state index is 0.000786. The van der Waals surface area contributed by atoms with Crippen molar-refractivity contribution in [2.75, 3.05) is 24.6 Å². The maximum Gasteiger partial charge on any atom is 0.293 e. The summed E-state index contributed by atoms with van der Waals surface area (Å²) in [6.07, 6.45) is 5.30. The third kappa shape index (κ3) is 3.35. The van der Waals surface area contributed by atoms with E-state index in [1.807, 2.05) is 0 Å². The fraction of sp³-hybridized carbons (Fsp3) is 0.714. The number of hydrogen-bond acceptors (Lipinski definition) is 4. The topological polar surface area (TPSA) is 58.4 Å². The Kier molecular flexibility index (Phi) is 4.58. The van der Waals surface area contributed by atoms with E-state index in [0.29, 0.717) is 17.7 Å². The minimum absolute atomic E-state index is 0.000786. The van der Waals surface area contributed by atoms with Gasteiger partial charge < -0.3 is 14.6 Å². The molecule has 1 aliphatic rings. The Labute approximate surface area is 113 Å². The van der Waals surface area contributed by atoms with Crippen LogP contribution in [0, 0.1) is 11.8 Å². The van der Waals surface area contributed by atoms with Crippen LogP contribution in [0.25, 0.3) is 0 Å². The van der Waals surface area contributed by atoms with Gasteiger partial charge in [0.2, 0.25) is 0 Å². The van der Waals surface area contributed by atoms with Gasteiger partial charge >= 0.3 is 0 Å². The molecule has 2 rings (SSSR count). The largest absolute Gasteiger partial charge is 0.396 e. The van der Waals surface area contributed by atoms with Crippen LogP contribution in [0.3, 0.4) is 0 Å². The summed E-state index contributed by atoms with van der Waals surface area (Å²) in [4.78, 5) is 18.7. The molecular formula is C14H23N3O2. The standard InChI is InChI=1S/C14H23N3O2/c1-11(2)9-17-7-5-15-13(14(17)19)16-6-3-12(10-16)4-8-18/h5,7,11-12,18H,3-4,6,8-10H2,1-2H3. The van der Waals surface area contributed by atoms with E-state index < -0.39 is 0 Å². The highest BCUT2D eigenvalue weighted by Crippen LogP contribution is 2.21. The van der Waals surface area contributed by atoms with Crippen molar-refractivity contribution in [3.63, 3.8) is 0 Å². The molecule has 0 aromatic carbocycles. The lowest BCUT2D eigenvalue weighted by molar-refractivity contribution is 0.263. The van der Waals surface area contributed by atoms with Crippen LogP contribution in [0.15, 0.2) is 17.2 Å². The SMILES string of the molecule is CC(C)Cn1ccnc(N2CCC(CCO)C2)c1=O. The van der Waals surface area contributed by atoms with Crippen LogP contribution in [0.1, 0.15) is 26.7 Å². The van der Waals surface area contributed by atoms with Crippen molar-refractivity contribution in [1.29, 1.82) is 0 Å². The summed E-state index contributed by atoms with van der Waals surface area (Å²) in [5.74, 6) is 1.47. The van der Waals surface area contributed by atoms with Crippen LogP contribution < -0.4 is 10.5 Å². The van der Waals surface area contributed by atoms with Crippen LogP contribution in [-0.4, -0.2) is 34.4 Å². The number of anilines is 1. The second-order valence-corrected chi connectivity index (χ2v) is 5.72. The first-order chi connectivity index (χ1) is 9.11. The normalized spacial score (nSPS) is 19.4. The molecular weight excluding hydrogens is 242 g/mol. The predicted octanol–water partition coefficient (Wildman–Crippen LogP) is 1.11. The lowest BCUT2D eigenvalue weighted by atomic mass is 10.1. The highest BCUT2D eigenvalue weighted by atomic mass is 16.3. The summed E-state index contributed by atoms with van der Waals surface area (Å²) < 4.78 is 1.74. The fourth-order valence-corrected chi connectivity index (χ4v) is 2.63. The number of rotatable bonds is 5. The number of aliphatic hydroxyl groups is 1. The first kappa shape index (κ1) is 14.1. The third-order valence-electron chi connectivity index (χ3n) is 3.58. The summed E-state index contributed by atoms with van der Waals surface area (Å²) in [5, 5.41) is 8.98. The van der Waals surface area contributed by atoms with E-state index in [4.69, 9.17) is 5.11 Å². The lowest BCUT2D eigenvalue weighted by Crippen LogP contribution is -2.32. The van der Waals surface area contributed by atoms with Crippen molar-refractivity contribution in [2.45, 2.75) is 33.2 Å². The molecule has 2 heterocycles. The summed E-state index contributed by atoms with van der Waals surface area (Å²) in [6.45, 7) is 6.83. The molecule has 0 spiro atoms. The quantitative estimate of drug-likeness (QED) is 0.866. The number of nitrogens with zero attached hydrogens (tertiary/aromatic N) is 3. The second-order valence-electron chi connectivity index (χ2n) is 5.72. The zero-order valence-electron chi connectivity index (χ0n) is 11.7. The molecule has 1 saturated heterocycles. The Hall–Kier alpha value is -1.36. The van der Waals surface area contributed by atoms with E-state index in [9.17, 15) is 4.79 Å². The molecule has 5 heteroatoms. The Balaban J connectivity index is 2.15. The van der Waals surface area contributed by atoms with Crippen LogP contribution in [0.2, 0.25) is 0 Å². The molecule has 1 fully saturated rings. The molecule has 0 radical (unpaired) electrons. The van der Waals surface area contributed by atoms with Crippen LogP contribution in [0.4, 0.5) is 5.82 Å². The Morgan fingerprint density at radius 3 is 3.00 bits per heavy atom. The van der Waals surface area contributed by atoms with Gasteiger partial charge in [0.05, 0.1) is 0 Å². The van der Waals surface area contributed by atoms with E-state index in [2.05, 4.69) is 23.7 Å². The third-order valence-corrected chi connectivity index (χ3v) is 3.58. The molecule has 106 valence electrons. The van der Waals surface area contributed by atoms with Gasteiger partial charge in [0.1, 0.15) is 0 Å². The van der Waals surface area contributed by atoms with Crippen molar-refractivity contribution in [3.8, 4) is 0 Å². The monoisotopic (exact) mass is 265 g/mol. The first-order valence-corrected chi connectivity index (χ1v) is 7.03. The van der Waals surface area contributed by atoms with Crippen LogP contribution in [0.5, 0.6) is 0 Å². The zero-order valence-corrected chi connectivity index (χ0v) is 11.7. The molecule has 0 aliphatic carbocycles. The van der Waals surface area contributed by atoms with Crippen molar-refractivity contribution in [3.05, 3.63) is 22.7 Å². The first-order valence-electron chi connectivity index (χ1n) is 7.03. The summed E-state index contributed by atoms with van der Waals surface area (Å²) >= 11 is 0. The van der Waals surface area contributed by atoms with Crippen LogP contribution in [-0.2, 0) is 6.54 Å². The van der Waals surface area contributed by atoms with Gasteiger partial charge in [-0.05, 0) is 24.7 Å². The maximum atomic E-state index is 12.4. The summed E-state index contributed by atoms with van der Waals surface area (Å²) in [6, 6.07) is 0. The minimum Gasteiger partial charge on any atom is -0.396 e. The van der Waals surface area contributed by atoms with E-state index in [0.717, 1.165) is 32.5 Å². The lowest BCUT2D eigenvalue weighted by Gasteiger charge is -2.18. The van der Waals surface area contributed by atoms with Gasteiger partial charge in [-0.15, -0.1) is 0 Å². The molecule has 1 aromatic heterocycles. The summed E-state index contributed by atoms with van der Waals surface area (Å²) in [7, 11) is 0. The van der Waals surface area contributed by atoms with Crippen molar-refractivity contribution in [2.24, 2.45) is 11.8 Å².